The van der Waals surface area contributed by atoms with Crippen molar-refractivity contribution in [2.45, 2.75) is 58.3 Å². The van der Waals surface area contributed by atoms with Crippen LogP contribution in [0.1, 0.15) is 46.0 Å². The van der Waals surface area contributed by atoms with E-state index in [-0.39, 0.29) is 6.29 Å². The van der Waals surface area contributed by atoms with Gasteiger partial charge in [-0.1, -0.05) is 30.1 Å². The second kappa shape index (κ2) is 9.77. The van der Waals surface area contributed by atoms with Crippen molar-refractivity contribution in [2.24, 2.45) is 0 Å². The number of hydrogen-bond acceptors (Lipinski definition) is 3. The predicted octanol–water partition coefficient (Wildman–Crippen LogP) is 3.20. The molecule has 1 rings (SSSR count). The van der Waals surface area contributed by atoms with E-state index < -0.39 is 6.10 Å². The molecule has 112 valence electrons. The van der Waals surface area contributed by atoms with Gasteiger partial charge >= 0.3 is 0 Å². The molecule has 1 heterocycles. The van der Waals surface area contributed by atoms with Crippen LogP contribution in [0.3, 0.4) is 0 Å². The van der Waals surface area contributed by atoms with Crippen LogP contribution in [-0.4, -0.2) is 30.7 Å². The Morgan fingerprint density at radius 2 is 2.30 bits per heavy atom. The molecule has 1 aliphatic heterocycles. The highest BCUT2D eigenvalue weighted by molar-refractivity contribution is 5.25. The van der Waals surface area contributed by atoms with E-state index in [1.54, 1.807) is 0 Å². The Labute approximate surface area is 122 Å². The Balaban J connectivity index is 2.17. The zero-order valence-corrected chi connectivity index (χ0v) is 12.7. The van der Waals surface area contributed by atoms with Gasteiger partial charge in [0.15, 0.2) is 6.29 Å². The Kier molecular flexibility index (Phi) is 8.29. The maximum atomic E-state index is 9.72. The lowest BCUT2D eigenvalue weighted by atomic mass is 10.1. The van der Waals surface area contributed by atoms with E-state index in [0.29, 0.717) is 13.0 Å². The standard InChI is InChI=1S/C17H26O3/c1-14(2)9-10-16(18)13-15(3)7-6-12-20-17-8-4-5-11-19-17/h7,16-18H,1,4-6,8,11-13H2,2-3H3/b15-7-. The molecule has 0 aromatic heterocycles. The summed E-state index contributed by atoms with van der Waals surface area (Å²) in [6.07, 6.45) is 6.18. The smallest absolute Gasteiger partial charge is 0.157 e. The summed E-state index contributed by atoms with van der Waals surface area (Å²) < 4.78 is 11.1. The van der Waals surface area contributed by atoms with Crippen LogP contribution in [-0.2, 0) is 9.47 Å². The van der Waals surface area contributed by atoms with Gasteiger partial charge in [-0.15, -0.1) is 0 Å². The second-order valence-electron chi connectivity index (χ2n) is 5.28. The summed E-state index contributed by atoms with van der Waals surface area (Å²) >= 11 is 0. The Morgan fingerprint density at radius 1 is 1.50 bits per heavy atom. The van der Waals surface area contributed by atoms with Gasteiger partial charge in [-0.3, -0.25) is 0 Å². The van der Waals surface area contributed by atoms with Gasteiger partial charge in [0, 0.05) is 13.0 Å². The summed E-state index contributed by atoms with van der Waals surface area (Å²) in [6.45, 7) is 8.99. The first-order valence-corrected chi connectivity index (χ1v) is 7.32. The van der Waals surface area contributed by atoms with Crippen LogP contribution in [0.5, 0.6) is 0 Å². The molecule has 1 N–H and O–H groups in total. The highest BCUT2D eigenvalue weighted by Gasteiger charge is 2.13. The third-order valence-corrected chi connectivity index (χ3v) is 3.02. The first-order chi connectivity index (χ1) is 9.58. The summed E-state index contributed by atoms with van der Waals surface area (Å²) in [5.41, 5.74) is 1.90. The Morgan fingerprint density at radius 3 is 2.95 bits per heavy atom. The van der Waals surface area contributed by atoms with Gasteiger partial charge in [-0.05, 0) is 45.1 Å². The molecule has 0 bridgehead atoms. The van der Waals surface area contributed by atoms with Crippen LogP contribution in [0.25, 0.3) is 0 Å². The predicted molar refractivity (Wildman–Crippen MR) is 81.1 cm³/mol. The molecular formula is C17H26O3. The lowest BCUT2D eigenvalue weighted by Crippen LogP contribution is -2.22. The SMILES string of the molecule is C=C(C)C#CC(O)C/C(C)=C\CCOC1CCCCO1. The van der Waals surface area contributed by atoms with Crippen molar-refractivity contribution in [1.82, 2.24) is 0 Å². The molecule has 0 amide bonds. The van der Waals surface area contributed by atoms with E-state index in [4.69, 9.17) is 9.47 Å². The van der Waals surface area contributed by atoms with Crippen LogP contribution in [0.4, 0.5) is 0 Å². The van der Waals surface area contributed by atoms with E-state index in [2.05, 4.69) is 24.5 Å². The zero-order chi connectivity index (χ0) is 14.8. The monoisotopic (exact) mass is 278 g/mol. The number of allylic oxidation sites excluding steroid dienone is 1. The van der Waals surface area contributed by atoms with E-state index in [1.807, 2.05) is 13.8 Å². The van der Waals surface area contributed by atoms with E-state index in [9.17, 15) is 5.11 Å². The molecule has 3 heteroatoms. The van der Waals surface area contributed by atoms with Crippen LogP contribution < -0.4 is 0 Å². The van der Waals surface area contributed by atoms with Crippen LogP contribution in [0.15, 0.2) is 23.8 Å². The molecule has 2 atom stereocenters. The maximum Gasteiger partial charge on any atom is 0.157 e. The van der Waals surface area contributed by atoms with Gasteiger partial charge in [0.05, 0.1) is 6.61 Å². The van der Waals surface area contributed by atoms with E-state index in [0.717, 1.165) is 37.0 Å². The number of rotatable bonds is 6. The lowest BCUT2D eigenvalue weighted by Gasteiger charge is -2.22. The highest BCUT2D eigenvalue weighted by atomic mass is 16.7. The van der Waals surface area contributed by atoms with E-state index in [1.165, 1.54) is 6.42 Å². The molecule has 1 fully saturated rings. The summed E-state index contributed by atoms with van der Waals surface area (Å²) in [7, 11) is 0. The summed E-state index contributed by atoms with van der Waals surface area (Å²) in [4.78, 5) is 0. The first kappa shape index (κ1) is 17.0. The summed E-state index contributed by atoms with van der Waals surface area (Å²) in [5, 5.41) is 9.72. The third-order valence-electron chi connectivity index (χ3n) is 3.02. The van der Waals surface area contributed by atoms with Gasteiger partial charge in [-0.25, -0.2) is 0 Å². The minimum atomic E-state index is -0.620. The number of aliphatic hydroxyl groups excluding tert-OH is 1. The van der Waals surface area contributed by atoms with Crippen molar-refractivity contribution in [3.05, 3.63) is 23.8 Å². The van der Waals surface area contributed by atoms with Gasteiger partial charge < -0.3 is 14.6 Å². The quantitative estimate of drug-likeness (QED) is 0.461. The fraction of sp³-hybridized carbons (Fsp3) is 0.647. The molecule has 3 nitrogen and oxygen atoms in total. The van der Waals surface area contributed by atoms with Crippen molar-refractivity contribution in [2.75, 3.05) is 13.2 Å². The number of hydrogen-bond donors (Lipinski definition) is 1. The minimum absolute atomic E-state index is 0.0236. The molecule has 2 unspecified atom stereocenters. The fourth-order valence-electron chi connectivity index (χ4n) is 1.99. The van der Waals surface area contributed by atoms with Crippen molar-refractivity contribution in [3.8, 4) is 11.8 Å². The van der Waals surface area contributed by atoms with Crippen LogP contribution in [0, 0.1) is 11.8 Å². The zero-order valence-electron chi connectivity index (χ0n) is 12.7. The second-order valence-corrected chi connectivity index (χ2v) is 5.28. The Bertz CT molecular complexity index is 381. The normalized spacial score (nSPS) is 20.9. The van der Waals surface area contributed by atoms with E-state index >= 15 is 0 Å². The van der Waals surface area contributed by atoms with Gasteiger partial charge in [0.25, 0.3) is 0 Å². The average molecular weight is 278 g/mol. The molecule has 0 radical (unpaired) electrons. The first-order valence-electron chi connectivity index (χ1n) is 7.32. The van der Waals surface area contributed by atoms with Gasteiger partial charge in [0.1, 0.15) is 6.10 Å². The number of aliphatic hydroxyl groups is 1. The molecule has 0 saturated carbocycles. The van der Waals surface area contributed by atoms with Crippen molar-refractivity contribution in [3.63, 3.8) is 0 Å². The molecule has 1 aliphatic rings. The molecule has 20 heavy (non-hydrogen) atoms. The van der Waals surface area contributed by atoms with Crippen LogP contribution >= 0.6 is 0 Å². The van der Waals surface area contributed by atoms with Gasteiger partial charge in [0.2, 0.25) is 0 Å². The van der Waals surface area contributed by atoms with Crippen LogP contribution in [0.2, 0.25) is 0 Å². The topological polar surface area (TPSA) is 38.7 Å². The molecule has 0 aliphatic carbocycles. The van der Waals surface area contributed by atoms with Gasteiger partial charge in [-0.2, -0.15) is 0 Å². The highest BCUT2D eigenvalue weighted by Crippen LogP contribution is 2.14. The lowest BCUT2D eigenvalue weighted by molar-refractivity contribution is -0.161. The molecule has 0 aromatic carbocycles. The molecule has 1 saturated heterocycles. The molecule has 0 aromatic rings. The molecular weight excluding hydrogens is 252 g/mol. The Hall–Kier alpha value is -1.08. The fourth-order valence-corrected chi connectivity index (χ4v) is 1.99. The summed E-state index contributed by atoms with van der Waals surface area (Å²) in [6, 6.07) is 0. The van der Waals surface area contributed by atoms with Crippen molar-refractivity contribution < 1.29 is 14.6 Å². The number of ether oxygens (including phenoxy) is 2. The minimum Gasteiger partial charge on any atom is -0.380 e. The molecule has 0 spiro atoms. The third kappa shape index (κ3) is 8.16. The van der Waals surface area contributed by atoms with Crippen molar-refractivity contribution in [1.29, 1.82) is 0 Å². The largest absolute Gasteiger partial charge is 0.380 e. The van der Waals surface area contributed by atoms with Crippen molar-refractivity contribution >= 4 is 0 Å². The maximum absolute atomic E-state index is 9.72. The summed E-state index contributed by atoms with van der Waals surface area (Å²) in [5.74, 6) is 5.57. The average Bonchev–Trinajstić information content (AvgIpc) is 2.42.